The van der Waals surface area contributed by atoms with Gasteiger partial charge in [0, 0.05) is 12.0 Å². The Labute approximate surface area is 148 Å². The minimum Gasteiger partial charge on any atom is -0.463 e. The number of esters is 2. The van der Waals surface area contributed by atoms with Crippen molar-refractivity contribution in [2.75, 3.05) is 5.75 Å². The summed E-state index contributed by atoms with van der Waals surface area (Å²) in [6.45, 7) is 7.70. The lowest BCUT2D eigenvalue weighted by Crippen LogP contribution is -2.36. The van der Waals surface area contributed by atoms with Crippen LogP contribution in [0.3, 0.4) is 0 Å². The van der Waals surface area contributed by atoms with Crippen LogP contribution >= 0.6 is 12.0 Å². The van der Waals surface area contributed by atoms with Gasteiger partial charge in [-0.3, -0.25) is 9.59 Å². The molecule has 2 unspecified atom stereocenters. The minimum atomic E-state index is -0.921. The Hall–Kier alpha value is -0.830. The fourth-order valence-corrected chi connectivity index (χ4v) is 2.49. The molecule has 8 heteroatoms. The molecular formula is C16H30O7S. The largest absolute Gasteiger partial charge is 0.463 e. The molecule has 0 rings (SSSR count). The number of hydrogen-bond acceptors (Lipinski definition) is 8. The molecule has 24 heavy (non-hydrogen) atoms. The third kappa shape index (κ3) is 11.7. The number of carbonyl (C=O) groups is 2. The number of hydrogen-bond donors (Lipinski definition) is 1. The van der Waals surface area contributed by atoms with Crippen LogP contribution in [0.2, 0.25) is 0 Å². The summed E-state index contributed by atoms with van der Waals surface area (Å²) in [5.74, 6) is -1.08. The zero-order valence-electron chi connectivity index (χ0n) is 15.0. The molecule has 0 aliphatic heterocycles. The van der Waals surface area contributed by atoms with Gasteiger partial charge in [0.2, 0.25) is 0 Å². The van der Waals surface area contributed by atoms with E-state index in [1.54, 1.807) is 6.92 Å². The summed E-state index contributed by atoms with van der Waals surface area (Å²) in [4.78, 5) is 24.0. The lowest BCUT2D eigenvalue weighted by atomic mass is 9.95. The van der Waals surface area contributed by atoms with Crippen LogP contribution in [0.1, 0.15) is 72.6 Å². The predicted octanol–water partition coefficient (Wildman–Crippen LogP) is 4.06. The quantitative estimate of drug-likeness (QED) is 0.162. The molecule has 7 nitrogen and oxygen atoms in total. The van der Waals surface area contributed by atoms with Crippen molar-refractivity contribution in [3.63, 3.8) is 0 Å². The average Bonchev–Trinajstić information content (AvgIpc) is 2.50. The second kappa shape index (κ2) is 13.5. The number of unbranched alkanes of at least 4 members (excludes halogenated alkanes) is 2. The van der Waals surface area contributed by atoms with Gasteiger partial charge in [0.1, 0.15) is 11.4 Å². The highest BCUT2D eigenvalue weighted by molar-refractivity contribution is 7.95. The molecule has 0 spiro atoms. The molecule has 0 amide bonds. The summed E-state index contributed by atoms with van der Waals surface area (Å²) >= 11 is 0.602. The van der Waals surface area contributed by atoms with Gasteiger partial charge in [0.05, 0.1) is 12.5 Å². The molecule has 0 bridgehead atoms. The van der Waals surface area contributed by atoms with E-state index in [1.807, 2.05) is 13.8 Å². The summed E-state index contributed by atoms with van der Waals surface area (Å²) in [6, 6.07) is 0. The van der Waals surface area contributed by atoms with Gasteiger partial charge in [0.25, 0.3) is 0 Å². The topological polar surface area (TPSA) is 91.3 Å². The van der Waals surface area contributed by atoms with Gasteiger partial charge in [-0.15, -0.1) is 4.33 Å². The minimum absolute atomic E-state index is 0.0111. The van der Waals surface area contributed by atoms with E-state index >= 15 is 0 Å². The van der Waals surface area contributed by atoms with Gasteiger partial charge >= 0.3 is 11.9 Å². The second-order valence-electron chi connectivity index (χ2n) is 6.05. The van der Waals surface area contributed by atoms with E-state index < -0.39 is 11.6 Å². The molecule has 0 aromatic rings. The Kier molecular flexibility index (Phi) is 13.0. The van der Waals surface area contributed by atoms with E-state index in [1.165, 1.54) is 0 Å². The Morgan fingerprint density at radius 2 is 1.83 bits per heavy atom. The zero-order valence-corrected chi connectivity index (χ0v) is 15.9. The van der Waals surface area contributed by atoms with Crippen LogP contribution in [-0.2, 0) is 28.4 Å². The second-order valence-corrected chi connectivity index (χ2v) is 6.71. The summed E-state index contributed by atoms with van der Waals surface area (Å²) in [5, 5.41) is 11.4. The highest BCUT2D eigenvalue weighted by Gasteiger charge is 2.32. The van der Waals surface area contributed by atoms with Crippen molar-refractivity contribution >= 4 is 24.0 Å². The van der Waals surface area contributed by atoms with Crippen LogP contribution in [0, 0.1) is 0 Å². The summed E-state index contributed by atoms with van der Waals surface area (Å²) < 4.78 is 15.0. The first-order valence-corrected chi connectivity index (χ1v) is 9.29. The summed E-state index contributed by atoms with van der Waals surface area (Å²) in [6.07, 6.45) is 5.05. The van der Waals surface area contributed by atoms with Crippen LogP contribution < -0.4 is 0 Å². The van der Waals surface area contributed by atoms with Crippen LogP contribution in [0.5, 0.6) is 0 Å². The third-order valence-electron chi connectivity index (χ3n) is 3.49. The Morgan fingerprint density at radius 3 is 2.42 bits per heavy atom. The molecule has 0 aliphatic rings. The molecule has 2 atom stereocenters. The van der Waals surface area contributed by atoms with Crippen LogP contribution in [0.4, 0.5) is 0 Å². The first-order chi connectivity index (χ1) is 11.4. The van der Waals surface area contributed by atoms with Crippen molar-refractivity contribution < 1.29 is 33.7 Å². The Balaban J connectivity index is 4.54. The van der Waals surface area contributed by atoms with Crippen molar-refractivity contribution in [2.24, 2.45) is 0 Å². The zero-order chi connectivity index (χ0) is 18.4. The molecule has 0 aliphatic carbocycles. The molecule has 1 N–H and O–H groups in total. The van der Waals surface area contributed by atoms with Gasteiger partial charge in [-0.1, -0.05) is 38.1 Å². The van der Waals surface area contributed by atoms with Crippen molar-refractivity contribution in [3.05, 3.63) is 0 Å². The fraction of sp³-hybridized carbons (Fsp3) is 0.875. The van der Waals surface area contributed by atoms with Gasteiger partial charge in [-0.05, 0) is 33.1 Å². The van der Waals surface area contributed by atoms with Crippen molar-refractivity contribution in [2.45, 2.75) is 84.3 Å². The molecule has 0 saturated heterocycles. The highest BCUT2D eigenvalue weighted by Crippen LogP contribution is 2.25. The molecule has 0 saturated carbocycles. The SMILES string of the molecule is CCCCC(C)OC(=O)CC(C)(CCCC)OC(=O)CSOOO. The smallest absolute Gasteiger partial charge is 0.318 e. The normalized spacial score (nSPS) is 14.7. The first-order valence-electron chi connectivity index (χ1n) is 8.37. The molecule has 0 fully saturated rings. The third-order valence-corrected chi connectivity index (χ3v) is 4.00. The highest BCUT2D eigenvalue weighted by atomic mass is 32.2. The number of rotatable bonds is 14. The van der Waals surface area contributed by atoms with E-state index in [9.17, 15) is 9.59 Å². The Bertz CT molecular complexity index is 364. The lowest BCUT2D eigenvalue weighted by molar-refractivity contribution is -0.432. The van der Waals surface area contributed by atoms with Gasteiger partial charge in [-0.25, -0.2) is 5.26 Å². The molecule has 0 aromatic carbocycles. The van der Waals surface area contributed by atoms with E-state index in [4.69, 9.17) is 14.7 Å². The van der Waals surface area contributed by atoms with Crippen molar-refractivity contribution in [3.8, 4) is 0 Å². The molecule has 142 valence electrons. The Morgan fingerprint density at radius 1 is 1.17 bits per heavy atom. The molecule has 0 aromatic heterocycles. The lowest BCUT2D eigenvalue weighted by Gasteiger charge is -2.29. The van der Waals surface area contributed by atoms with Gasteiger partial charge < -0.3 is 9.47 Å². The fourth-order valence-electron chi connectivity index (χ4n) is 2.25. The van der Waals surface area contributed by atoms with E-state index in [2.05, 4.69) is 16.3 Å². The predicted molar refractivity (Wildman–Crippen MR) is 91.0 cm³/mol. The van der Waals surface area contributed by atoms with E-state index in [0.717, 1.165) is 32.1 Å². The first kappa shape index (κ1) is 23.2. The standard InChI is InChI=1S/C16H30O7S/c1-5-7-9-13(3)20-14(17)11-16(4,10-8-6-2)21-15(18)12-24-23-22-19/h13,19H,5-12H2,1-4H3. The van der Waals surface area contributed by atoms with Crippen molar-refractivity contribution in [1.82, 2.24) is 0 Å². The van der Waals surface area contributed by atoms with Crippen LogP contribution in [0.15, 0.2) is 0 Å². The monoisotopic (exact) mass is 366 g/mol. The number of carbonyl (C=O) groups excluding carboxylic acids is 2. The van der Waals surface area contributed by atoms with Gasteiger partial charge in [0.15, 0.2) is 0 Å². The van der Waals surface area contributed by atoms with Crippen LogP contribution in [-0.4, -0.2) is 34.7 Å². The average molecular weight is 366 g/mol. The van der Waals surface area contributed by atoms with E-state index in [-0.39, 0.29) is 24.2 Å². The van der Waals surface area contributed by atoms with Crippen LogP contribution in [0.25, 0.3) is 0 Å². The maximum atomic E-state index is 12.1. The van der Waals surface area contributed by atoms with Crippen molar-refractivity contribution in [1.29, 1.82) is 0 Å². The number of ether oxygens (including phenoxy) is 2. The maximum absolute atomic E-state index is 12.1. The molecular weight excluding hydrogens is 336 g/mol. The summed E-state index contributed by atoms with van der Waals surface area (Å²) in [5.41, 5.74) is -0.921. The molecule has 0 heterocycles. The summed E-state index contributed by atoms with van der Waals surface area (Å²) in [7, 11) is 0. The molecule has 0 radical (unpaired) electrons. The maximum Gasteiger partial charge on any atom is 0.318 e. The van der Waals surface area contributed by atoms with E-state index in [0.29, 0.717) is 18.5 Å². The van der Waals surface area contributed by atoms with Gasteiger partial charge in [-0.2, -0.15) is 0 Å².